The van der Waals surface area contributed by atoms with Gasteiger partial charge in [0.25, 0.3) is 15.9 Å². The van der Waals surface area contributed by atoms with Crippen LogP contribution in [0.5, 0.6) is 5.75 Å². The summed E-state index contributed by atoms with van der Waals surface area (Å²) in [5.74, 6) is -0.745. The van der Waals surface area contributed by atoms with Crippen LogP contribution < -0.4 is 14.8 Å². The SMILES string of the molecule is Cc1cccc(NS(=O)(=O)c2ccc(OCC(=O)Nc3ccc(F)c(Cl)c3)cc2)c1. The highest BCUT2D eigenvalue weighted by Crippen LogP contribution is 2.21. The predicted molar refractivity (Wildman–Crippen MR) is 114 cm³/mol. The Balaban J connectivity index is 1.58. The summed E-state index contributed by atoms with van der Waals surface area (Å²) >= 11 is 5.67. The molecule has 0 spiro atoms. The number of nitrogens with one attached hydrogen (secondary N) is 2. The van der Waals surface area contributed by atoms with Crippen molar-refractivity contribution in [2.75, 3.05) is 16.6 Å². The fourth-order valence-electron chi connectivity index (χ4n) is 2.56. The monoisotopic (exact) mass is 448 g/mol. The van der Waals surface area contributed by atoms with Crippen molar-refractivity contribution in [1.29, 1.82) is 0 Å². The summed E-state index contributed by atoms with van der Waals surface area (Å²) in [6, 6.07) is 16.5. The number of amides is 1. The molecule has 0 aliphatic carbocycles. The number of ether oxygens (including phenoxy) is 1. The van der Waals surface area contributed by atoms with E-state index in [1.54, 1.807) is 18.2 Å². The second-order valence-corrected chi connectivity index (χ2v) is 8.50. The van der Waals surface area contributed by atoms with Crippen molar-refractivity contribution in [3.8, 4) is 5.75 Å². The molecule has 0 heterocycles. The van der Waals surface area contributed by atoms with E-state index in [4.69, 9.17) is 16.3 Å². The summed E-state index contributed by atoms with van der Waals surface area (Å²) in [4.78, 5) is 12.0. The third-order valence-electron chi connectivity index (χ3n) is 3.98. The van der Waals surface area contributed by atoms with Crippen molar-refractivity contribution in [2.45, 2.75) is 11.8 Å². The Bertz CT molecular complexity index is 1170. The van der Waals surface area contributed by atoms with Crippen molar-refractivity contribution < 1.29 is 22.3 Å². The Hall–Kier alpha value is -3.10. The Kier molecular flexibility index (Phi) is 6.59. The first kappa shape index (κ1) is 21.6. The molecule has 30 heavy (non-hydrogen) atoms. The van der Waals surface area contributed by atoms with Gasteiger partial charge in [0, 0.05) is 11.4 Å². The summed E-state index contributed by atoms with van der Waals surface area (Å²) in [5, 5.41) is 2.42. The first-order chi connectivity index (χ1) is 14.2. The largest absolute Gasteiger partial charge is 0.484 e. The molecular weight excluding hydrogens is 431 g/mol. The maximum atomic E-state index is 13.1. The van der Waals surface area contributed by atoms with Gasteiger partial charge in [-0.1, -0.05) is 23.7 Å². The van der Waals surface area contributed by atoms with Gasteiger partial charge in [-0.2, -0.15) is 0 Å². The fraction of sp³-hybridized carbons (Fsp3) is 0.0952. The van der Waals surface area contributed by atoms with E-state index in [1.165, 1.54) is 36.4 Å². The van der Waals surface area contributed by atoms with E-state index in [2.05, 4.69) is 10.0 Å². The maximum Gasteiger partial charge on any atom is 0.262 e. The molecule has 0 aliphatic rings. The lowest BCUT2D eigenvalue weighted by Gasteiger charge is -2.10. The third-order valence-corrected chi connectivity index (χ3v) is 5.66. The number of anilines is 2. The van der Waals surface area contributed by atoms with Crippen molar-refractivity contribution in [2.24, 2.45) is 0 Å². The van der Waals surface area contributed by atoms with Crippen molar-refractivity contribution in [3.63, 3.8) is 0 Å². The smallest absolute Gasteiger partial charge is 0.262 e. The lowest BCUT2D eigenvalue weighted by Crippen LogP contribution is -2.20. The standard InChI is InChI=1S/C21H18ClFN2O4S/c1-14-3-2-4-16(11-14)25-30(27,28)18-8-6-17(7-9-18)29-13-21(26)24-15-5-10-20(23)19(22)12-15/h2-12,25H,13H2,1H3,(H,24,26). The first-order valence-corrected chi connectivity index (χ1v) is 10.7. The van der Waals surface area contributed by atoms with Gasteiger partial charge in [-0.25, -0.2) is 12.8 Å². The number of sulfonamides is 1. The van der Waals surface area contributed by atoms with Gasteiger partial charge >= 0.3 is 0 Å². The van der Waals surface area contributed by atoms with Gasteiger partial charge in [-0.05, 0) is 67.1 Å². The molecule has 0 fully saturated rings. The minimum absolute atomic E-state index is 0.0572. The lowest BCUT2D eigenvalue weighted by molar-refractivity contribution is -0.118. The maximum absolute atomic E-state index is 13.1. The van der Waals surface area contributed by atoms with Gasteiger partial charge < -0.3 is 10.1 Å². The van der Waals surface area contributed by atoms with Crippen LogP contribution in [-0.2, 0) is 14.8 Å². The molecule has 0 atom stereocenters. The number of benzene rings is 3. The summed E-state index contributed by atoms with van der Waals surface area (Å²) in [7, 11) is -3.75. The zero-order chi connectivity index (χ0) is 21.7. The molecule has 0 radical (unpaired) electrons. The van der Waals surface area contributed by atoms with Crippen molar-refractivity contribution >= 4 is 38.9 Å². The normalized spacial score (nSPS) is 11.0. The van der Waals surface area contributed by atoms with Crippen LogP contribution in [0, 0.1) is 12.7 Å². The van der Waals surface area contributed by atoms with Crippen molar-refractivity contribution in [1.82, 2.24) is 0 Å². The molecule has 3 rings (SSSR count). The van der Waals surface area contributed by atoms with E-state index in [0.29, 0.717) is 17.1 Å². The summed E-state index contributed by atoms with van der Waals surface area (Å²) < 4.78 is 46.0. The number of carbonyl (C=O) groups excluding carboxylic acids is 1. The van der Waals surface area contributed by atoms with Gasteiger partial charge in [0.2, 0.25) is 0 Å². The molecule has 6 nitrogen and oxygen atoms in total. The summed E-state index contributed by atoms with van der Waals surface area (Å²) in [5.41, 5.74) is 1.73. The molecule has 9 heteroatoms. The molecule has 0 bridgehead atoms. The van der Waals surface area contributed by atoms with Crippen LogP contribution in [0.3, 0.4) is 0 Å². The highest BCUT2D eigenvalue weighted by molar-refractivity contribution is 7.92. The zero-order valence-electron chi connectivity index (χ0n) is 15.9. The molecule has 0 aromatic heterocycles. The molecule has 0 unspecified atom stereocenters. The Morgan fingerprint density at radius 3 is 2.43 bits per heavy atom. The van der Waals surface area contributed by atoms with Gasteiger partial charge in [0.1, 0.15) is 11.6 Å². The van der Waals surface area contributed by atoms with E-state index in [0.717, 1.165) is 11.6 Å². The minimum Gasteiger partial charge on any atom is -0.484 e. The average molecular weight is 449 g/mol. The van der Waals surface area contributed by atoms with Crippen LogP contribution >= 0.6 is 11.6 Å². The molecule has 0 saturated carbocycles. The van der Waals surface area contributed by atoms with E-state index in [-0.39, 0.29) is 16.5 Å². The first-order valence-electron chi connectivity index (χ1n) is 8.80. The van der Waals surface area contributed by atoms with Crippen LogP contribution in [0.15, 0.2) is 71.6 Å². The topological polar surface area (TPSA) is 84.5 Å². The number of carbonyl (C=O) groups is 1. The predicted octanol–water partition coefficient (Wildman–Crippen LogP) is 4.61. The molecular formula is C21H18ClFN2O4S. The molecule has 1 amide bonds. The lowest BCUT2D eigenvalue weighted by atomic mass is 10.2. The number of rotatable bonds is 7. The highest BCUT2D eigenvalue weighted by atomic mass is 35.5. The van der Waals surface area contributed by atoms with Gasteiger partial charge in [-0.15, -0.1) is 0 Å². The van der Waals surface area contributed by atoms with Crippen LogP contribution in [0.4, 0.5) is 15.8 Å². The molecule has 0 saturated heterocycles. The molecule has 2 N–H and O–H groups in total. The fourth-order valence-corrected chi connectivity index (χ4v) is 3.79. The number of aryl methyl sites for hydroxylation is 1. The summed E-state index contributed by atoms with van der Waals surface area (Å²) in [6.07, 6.45) is 0. The Labute approximate surface area is 178 Å². The second-order valence-electron chi connectivity index (χ2n) is 6.41. The Morgan fingerprint density at radius 1 is 1.03 bits per heavy atom. The van der Waals surface area contributed by atoms with Crippen molar-refractivity contribution in [3.05, 3.63) is 83.1 Å². The van der Waals surface area contributed by atoms with Crippen LogP contribution in [0.25, 0.3) is 0 Å². The second kappa shape index (κ2) is 9.15. The molecule has 3 aromatic carbocycles. The minimum atomic E-state index is -3.75. The Morgan fingerprint density at radius 2 is 1.77 bits per heavy atom. The quantitative estimate of drug-likeness (QED) is 0.553. The van der Waals surface area contributed by atoms with E-state index in [9.17, 15) is 17.6 Å². The number of hydrogen-bond acceptors (Lipinski definition) is 4. The average Bonchev–Trinajstić information content (AvgIpc) is 2.69. The van der Waals surface area contributed by atoms with E-state index < -0.39 is 21.7 Å². The summed E-state index contributed by atoms with van der Waals surface area (Å²) in [6.45, 7) is 1.55. The van der Waals surface area contributed by atoms with Gasteiger partial charge in [0.05, 0.1) is 9.92 Å². The van der Waals surface area contributed by atoms with Crippen LogP contribution in [-0.4, -0.2) is 20.9 Å². The van der Waals surface area contributed by atoms with Crippen LogP contribution in [0.1, 0.15) is 5.56 Å². The molecule has 0 aliphatic heterocycles. The zero-order valence-corrected chi connectivity index (χ0v) is 17.4. The third kappa shape index (κ3) is 5.71. The van der Waals surface area contributed by atoms with Gasteiger partial charge in [-0.3, -0.25) is 9.52 Å². The number of halogens is 2. The van der Waals surface area contributed by atoms with E-state index >= 15 is 0 Å². The van der Waals surface area contributed by atoms with Crippen LogP contribution in [0.2, 0.25) is 5.02 Å². The molecule has 3 aromatic rings. The molecule has 156 valence electrons. The van der Waals surface area contributed by atoms with E-state index in [1.807, 2.05) is 13.0 Å². The van der Waals surface area contributed by atoms with Gasteiger partial charge in [0.15, 0.2) is 6.61 Å². The highest BCUT2D eigenvalue weighted by Gasteiger charge is 2.14. The number of hydrogen-bond donors (Lipinski definition) is 2.